The third-order valence-corrected chi connectivity index (χ3v) is 2.97. The number of ether oxygens (including phenoxy) is 2. The Morgan fingerprint density at radius 2 is 2.06 bits per heavy atom. The molecule has 1 aromatic carbocycles. The van der Waals surface area contributed by atoms with Crippen molar-refractivity contribution < 1.29 is 9.47 Å². The minimum Gasteiger partial charge on any atom is -0.495 e. The topological polar surface area (TPSA) is 33.7 Å². The smallest absolute Gasteiger partial charge is 0.173 e. The van der Waals surface area contributed by atoms with Crippen molar-refractivity contribution in [2.75, 3.05) is 39.3 Å². The van der Waals surface area contributed by atoms with Crippen molar-refractivity contribution in [3.63, 3.8) is 0 Å². The van der Waals surface area contributed by atoms with Crippen LogP contribution < -0.4 is 15.0 Å². The first-order chi connectivity index (χ1) is 8.70. The summed E-state index contributed by atoms with van der Waals surface area (Å²) in [5.41, 5.74) is 0.948. The van der Waals surface area contributed by atoms with E-state index in [1.807, 2.05) is 36.2 Å². The number of anilines is 1. The molecular formula is C13H20N2O2S. The molecule has 18 heavy (non-hydrogen) atoms. The summed E-state index contributed by atoms with van der Waals surface area (Å²) in [6, 6.07) is 7.79. The third kappa shape index (κ3) is 4.16. The van der Waals surface area contributed by atoms with Gasteiger partial charge in [0, 0.05) is 27.3 Å². The van der Waals surface area contributed by atoms with E-state index in [1.54, 1.807) is 14.2 Å². The largest absolute Gasteiger partial charge is 0.495 e. The van der Waals surface area contributed by atoms with Gasteiger partial charge in [0.25, 0.3) is 0 Å². The molecule has 0 bridgehead atoms. The van der Waals surface area contributed by atoms with Gasteiger partial charge in [-0.25, -0.2) is 0 Å². The fourth-order valence-electron chi connectivity index (χ4n) is 1.55. The first kappa shape index (κ1) is 14.7. The van der Waals surface area contributed by atoms with E-state index in [4.69, 9.17) is 21.7 Å². The fourth-order valence-corrected chi connectivity index (χ4v) is 1.75. The number of nitrogens with one attached hydrogen (secondary N) is 1. The van der Waals surface area contributed by atoms with Crippen molar-refractivity contribution in [2.45, 2.75) is 6.42 Å². The lowest BCUT2D eigenvalue weighted by molar-refractivity contribution is 0.195. The van der Waals surface area contributed by atoms with Crippen LogP contribution in [0.2, 0.25) is 0 Å². The van der Waals surface area contributed by atoms with Gasteiger partial charge in [0.15, 0.2) is 5.11 Å². The van der Waals surface area contributed by atoms with Gasteiger partial charge < -0.3 is 19.7 Å². The van der Waals surface area contributed by atoms with E-state index >= 15 is 0 Å². The molecule has 0 atom stereocenters. The lowest BCUT2D eigenvalue weighted by Gasteiger charge is -2.23. The van der Waals surface area contributed by atoms with Crippen LogP contribution in [0.1, 0.15) is 6.42 Å². The molecule has 4 nitrogen and oxygen atoms in total. The Kier molecular flexibility index (Phi) is 6.46. The Hall–Kier alpha value is -1.33. The molecule has 0 unspecified atom stereocenters. The molecule has 0 saturated carbocycles. The number of nitrogens with zero attached hydrogens (tertiary/aromatic N) is 1. The van der Waals surface area contributed by atoms with E-state index in [2.05, 4.69) is 5.32 Å². The summed E-state index contributed by atoms with van der Waals surface area (Å²) in [6.07, 6.45) is 0.927. The van der Waals surface area contributed by atoms with Crippen molar-refractivity contribution in [1.29, 1.82) is 0 Å². The number of rotatable bonds is 6. The van der Waals surface area contributed by atoms with Crippen molar-refractivity contribution in [1.82, 2.24) is 5.32 Å². The van der Waals surface area contributed by atoms with Gasteiger partial charge in [0.05, 0.1) is 12.8 Å². The van der Waals surface area contributed by atoms with Gasteiger partial charge in [0.2, 0.25) is 0 Å². The lowest BCUT2D eigenvalue weighted by atomic mass is 10.3. The van der Waals surface area contributed by atoms with Gasteiger partial charge in [0.1, 0.15) is 5.75 Å². The number of methoxy groups -OCH3 is 2. The van der Waals surface area contributed by atoms with E-state index in [0.29, 0.717) is 5.11 Å². The van der Waals surface area contributed by atoms with Gasteiger partial charge in [-0.15, -0.1) is 0 Å². The molecule has 0 heterocycles. The summed E-state index contributed by atoms with van der Waals surface area (Å²) >= 11 is 5.33. The molecular weight excluding hydrogens is 248 g/mol. The van der Waals surface area contributed by atoms with Crippen LogP contribution >= 0.6 is 12.2 Å². The average molecular weight is 268 g/mol. The fraction of sp³-hybridized carbons (Fsp3) is 0.462. The molecule has 0 aliphatic carbocycles. The Morgan fingerprint density at radius 1 is 1.33 bits per heavy atom. The number of hydrogen-bond donors (Lipinski definition) is 1. The molecule has 1 rings (SSSR count). The standard InChI is InChI=1S/C13H20N2O2S/c1-15(13(18)14-9-6-10-16-2)11-7-4-5-8-12(11)17-3/h4-5,7-8H,6,9-10H2,1-3H3,(H,14,18). The predicted octanol–water partition coefficient (Wildman–Crippen LogP) is 2.04. The summed E-state index contributed by atoms with van der Waals surface area (Å²) in [4.78, 5) is 1.90. The van der Waals surface area contributed by atoms with Crippen LogP contribution in [-0.2, 0) is 4.74 Å². The Morgan fingerprint density at radius 3 is 2.72 bits per heavy atom. The summed E-state index contributed by atoms with van der Waals surface area (Å²) < 4.78 is 10.3. The highest BCUT2D eigenvalue weighted by Gasteiger charge is 2.10. The summed E-state index contributed by atoms with van der Waals surface area (Å²) in [5.74, 6) is 0.807. The van der Waals surface area contributed by atoms with Crippen LogP contribution in [0.3, 0.4) is 0 Å². The SMILES string of the molecule is COCCCNC(=S)N(C)c1ccccc1OC. The lowest BCUT2D eigenvalue weighted by Crippen LogP contribution is -2.37. The Bertz CT molecular complexity index is 385. The summed E-state index contributed by atoms with van der Waals surface area (Å²) in [6.45, 7) is 1.53. The van der Waals surface area contributed by atoms with Gasteiger partial charge in [-0.1, -0.05) is 12.1 Å². The molecule has 0 radical (unpaired) electrons. The molecule has 5 heteroatoms. The minimum atomic E-state index is 0.676. The molecule has 0 aliphatic heterocycles. The van der Waals surface area contributed by atoms with E-state index in [-0.39, 0.29) is 0 Å². The second kappa shape index (κ2) is 7.89. The number of thiocarbonyl (C=S) groups is 1. The van der Waals surface area contributed by atoms with E-state index in [1.165, 1.54) is 0 Å². The highest BCUT2D eigenvalue weighted by Crippen LogP contribution is 2.26. The van der Waals surface area contributed by atoms with Crippen LogP contribution in [0.4, 0.5) is 5.69 Å². The first-order valence-electron chi connectivity index (χ1n) is 5.84. The quantitative estimate of drug-likeness (QED) is 0.631. The zero-order valence-corrected chi connectivity index (χ0v) is 11.9. The third-order valence-electron chi connectivity index (χ3n) is 2.55. The number of hydrogen-bond acceptors (Lipinski definition) is 3. The van der Waals surface area contributed by atoms with Gasteiger partial charge in [-0.2, -0.15) is 0 Å². The van der Waals surface area contributed by atoms with Gasteiger partial charge >= 0.3 is 0 Å². The van der Waals surface area contributed by atoms with Crippen LogP contribution in [0.25, 0.3) is 0 Å². The maximum absolute atomic E-state index is 5.33. The van der Waals surface area contributed by atoms with E-state index in [9.17, 15) is 0 Å². The van der Waals surface area contributed by atoms with Crippen molar-refractivity contribution in [2.24, 2.45) is 0 Å². The van der Waals surface area contributed by atoms with Crippen LogP contribution in [-0.4, -0.2) is 39.5 Å². The van der Waals surface area contributed by atoms with Crippen molar-refractivity contribution in [3.8, 4) is 5.75 Å². The molecule has 0 spiro atoms. The molecule has 0 fully saturated rings. The highest BCUT2D eigenvalue weighted by atomic mass is 32.1. The molecule has 100 valence electrons. The molecule has 1 N–H and O–H groups in total. The molecule has 1 aromatic rings. The second-order valence-electron chi connectivity index (χ2n) is 3.81. The summed E-state index contributed by atoms with van der Waals surface area (Å²) in [5, 5.41) is 3.87. The van der Waals surface area contributed by atoms with Gasteiger partial charge in [-0.05, 0) is 30.8 Å². The number of para-hydroxylation sites is 2. The molecule has 0 aromatic heterocycles. The van der Waals surface area contributed by atoms with E-state index < -0.39 is 0 Å². The van der Waals surface area contributed by atoms with Crippen molar-refractivity contribution in [3.05, 3.63) is 24.3 Å². The first-order valence-corrected chi connectivity index (χ1v) is 6.25. The highest BCUT2D eigenvalue weighted by molar-refractivity contribution is 7.80. The Balaban J connectivity index is 2.57. The average Bonchev–Trinajstić information content (AvgIpc) is 2.42. The second-order valence-corrected chi connectivity index (χ2v) is 4.20. The van der Waals surface area contributed by atoms with Crippen LogP contribution in [0.5, 0.6) is 5.75 Å². The minimum absolute atomic E-state index is 0.676. The molecule has 0 amide bonds. The van der Waals surface area contributed by atoms with Crippen molar-refractivity contribution >= 4 is 23.0 Å². The van der Waals surface area contributed by atoms with E-state index in [0.717, 1.165) is 31.0 Å². The summed E-state index contributed by atoms with van der Waals surface area (Å²) in [7, 11) is 5.27. The van der Waals surface area contributed by atoms with Crippen LogP contribution in [0, 0.1) is 0 Å². The van der Waals surface area contributed by atoms with Gasteiger partial charge in [-0.3, -0.25) is 0 Å². The zero-order valence-electron chi connectivity index (χ0n) is 11.1. The maximum atomic E-state index is 5.33. The zero-order chi connectivity index (χ0) is 13.4. The number of benzene rings is 1. The molecule has 0 saturated heterocycles. The Labute approximate surface area is 114 Å². The maximum Gasteiger partial charge on any atom is 0.173 e. The van der Waals surface area contributed by atoms with Crippen LogP contribution in [0.15, 0.2) is 24.3 Å². The monoisotopic (exact) mass is 268 g/mol. The molecule has 0 aliphatic rings. The normalized spacial score (nSPS) is 9.94. The predicted molar refractivity (Wildman–Crippen MR) is 78.5 cm³/mol.